The Balaban J connectivity index is 1.98. The smallest absolute Gasteiger partial charge is 0.240 e. The van der Waals surface area contributed by atoms with Crippen molar-refractivity contribution in [2.24, 2.45) is 11.1 Å². The molecule has 1 fully saturated rings. The number of phenols is 1. The van der Waals surface area contributed by atoms with Crippen LogP contribution in [0.15, 0.2) is 24.3 Å². The molecule has 116 valence electrons. The largest absolute Gasteiger partial charge is 0.506 e. The van der Waals surface area contributed by atoms with Gasteiger partial charge in [0.1, 0.15) is 5.75 Å². The average Bonchev–Trinajstić information content (AvgIpc) is 2.45. The molecule has 0 spiro atoms. The standard InChI is InChI=1S/C16H25N3O2/c1-16(2,3)14(17)15(21)19-10-8-18(9-11-19)12-6-4-5-7-13(12)20/h4-7,14,20H,8-11,17H2,1-3H3. The number of benzene rings is 1. The first-order valence-corrected chi connectivity index (χ1v) is 7.38. The van der Waals surface area contributed by atoms with Crippen LogP contribution >= 0.6 is 0 Å². The minimum Gasteiger partial charge on any atom is -0.506 e. The SMILES string of the molecule is CC(C)(C)C(N)C(=O)N1CCN(c2ccccc2O)CC1. The number of phenolic OH excluding ortho intramolecular Hbond substituents is 1. The molecule has 1 heterocycles. The van der Waals surface area contributed by atoms with Crippen LogP contribution in [0.4, 0.5) is 5.69 Å². The lowest BCUT2D eigenvalue weighted by molar-refractivity contribution is -0.135. The second-order valence-corrected chi connectivity index (χ2v) is 6.64. The molecule has 0 bridgehead atoms. The summed E-state index contributed by atoms with van der Waals surface area (Å²) in [7, 11) is 0. The number of amides is 1. The molecular formula is C16H25N3O2. The van der Waals surface area contributed by atoms with Crippen molar-refractivity contribution < 1.29 is 9.90 Å². The zero-order valence-electron chi connectivity index (χ0n) is 13.0. The van der Waals surface area contributed by atoms with Gasteiger partial charge in [-0.15, -0.1) is 0 Å². The molecule has 0 aliphatic carbocycles. The maximum Gasteiger partial charge on any atom is 0.240 e. The van der Waals surface area contributed by atoms with Gasteiger partial charge in [0.25, 0.3) is 0 Å². The minimum absolute atomic E-state index is 0.0134. The first kappa shape index (κ1) is 15.6. The van der Waals surface area contributed by atoms with Gasteiger partial charge in [0.2, 0.25) is 5.91 Å². The molecule has 1 aromatic rings. The molecule has 1 amide bonds. The Morgan fingerprint density at radius 2 is 1.76 bits per heavy atom. The molecule has 5 heteroatoms. The minimum atomic E-state index is -0.478. The quantitative estimate of drug-likeness (QED) is 0.864. The molecule has 5 nitrogen and oxygen atoms in total. The van der Waals surface area contributed by atoms with Gasteiger partial charge in [-0.1, -0.05) is 32.9 Å². The molecule has 1 atom stereocenters. The Hall–Kier alpha value is -1.75. The summed E-state index contributed by atoms with van der Waals surface area (Å²) in [5.74, 6) is 0.295. The number of rotatable bonds is 2. The van der Waals surface area contributed by atoms with E-state index in [-0.39, 0.29) is 17.1 Å². The molecule has 1 aliphatic heterocycles. The monoisotopic (exact) mass is 291 g/mol. The second kappa shape index (κ2) is 5.93. The molecule has 0 saturated carbocycles. The van der Waals surface area contributed by atoms with Crippen molar-refractivity contribution in [3.05, 3.63) is 24.3 Å². The maximum atomic E-state index is 12.4. The lowest BCUT2D eigenvalue weighted by Crippen LogP contribution is -2.56. The van der Waals surface area contributed by atoms with E-state index in [1.807, 2.05) is 37.8 Å². The third kappa shape index (κ3) is 3.47. The molecule has 1 unspecified atom stereocenters. The van der Waals surface area contributed by atoms with Gasteiger partial charge in [0.05, 0.1) is 11.7 Å². The van der Waals surface area contributed by atoms with Crippen LogP contribution in [0.3, 0.4) is 0 Å². The first-order chi connectivity index (χ1) is 9.80. The third-order valence-electron chi connectivity index (χ3n) is 4.01. The fourth-order valence-electron chi connectivity index (χ4n) is 2.47. The summed E-state index contributed by atoms with van der Waals surface area (Å²) in [5.41, 5.74) is 6.64. The fourth-order valence-corrected chi connectivity index (χ4v) is 2.47. The number of piperazine rings is 1. The molecule has 1 aliphatic rings. The summed E-state index contributed by atoms with van der Waals surface area (Å²) in [5, 5.41) is 9.89. The molecule has 0 aromatic heterocycles. The molecule has 1 saturated heterocycles. The molecule has 3 N–H and O–H groups in total. The number of carbonyl (C=O) groups is 1. The summed E-state index contributed by atoms with van der Waals surface area (Å²) < 4.78 is 0. The number of para-hydroxylation sites is 2. The molecule has 1 aromatic carbocycles. The number of nitrogens with zero attached hydrogens (tertiary/aromatic N) is 2. The summed E-state index contributed by atoms with van der Waals surface area (Å²) in [6.45, 7) is 8.63. The highest BCUT2D eigenvalue weighted by Gasteiger charge is 2.32. The van der Waals surface area contributed by atoms with Crippen molar-refractivity contribution >= 4 is 11.6 Å². The number of aromatic hydroxyl groups is 1. The Labute approximate surface area is 126 Å². The van der Waals surface area contributed by atoms with Crippen molar-refractivity contribution in [2.75, 3.05) is 31.1 Å². The van der Waals surface area contributed by atoms with Gasteiger partial charge in [-0.3, -0.25) is 4.79 Å². The maximum absolute atomic E-state index is 12.4. The lowest BCUT2D eigenvalue weighted by atomic mass is 9.86. The van der Waals surface area contributed by atoms with Crippen LogP contribution in [0.1, 0.15) is 20.8 Å². The summed E-state index contributed by atoms with van der Waals surface area (Å²) in [6, 6.07) is 6.81. The summed E-state index contributed by atoms with van der Waals surface area (Å²) in [4.78, 5) is 16.3. The van der Waals surface area contributed by atoms with E-state index >= 15 is 0 Å². The van der Waals surface area contributed by atoms with Crippen LogP contribution < -0.4 is 10.6 Å². The van der Waals surface area contributed by atoms with Crippen molar-refractivity contribution in [1.29, 1.82) is 0 Å². The van der Waals surface area contributed by atoms with Gasteiger partial charge in [-0.2, -0.15) is 0 Å². The van der Waals surface area contributed by atoms with Crippen molar-refractivity contribution in [3.8, 4) is 5.75 Å². The van der Waals surface area contributed by atoms with E-state index in [4.69, 9.17) is 5.73 Å². The predicted molar refractivity (Wildman–Crippen MR) is 84.3 cm³/mol. The zero-order valence-corrected chi connectivity index (χ0v) is 13.0. The lowest BCUT2D eigenvalue weighted by Gasteiger charge is -2.39. The summed E-state index contributed by atoms with van der Waals surface area (Å²) >= 11 is 0. The van der Waals surface area contributed by atoms with E-state index in [9.17, 15) is 9.90 Å². The Bertz CT molecular complexity index is 502. The van der Waals surface area contributed by atoms with Gasteiger partial charge in [-0.05, 0) is 17.5 Å². The Morgan fingerprint density at radius 3 is 2.29 bits per heavy atom. The number of carbonyl (C=O) groups excluding carboxylic acids is 1. The van der Waals surface area contributed by atoms with E-state index in [2.05, 4.69) is 4.90 Å². The zero-order chi connectivity index (χ0) is 15.6. The van der Waals surface area contributed by atoms with Gasteiger partial charge < -0.3 is 20.6 Å². The molecular weight excluding hydrogens is 266 g/mol. The first-order valence-electron chi connectivity index (χ1n) is 7.38. The van der Waals surface area contributed by atoms with Crippen LogP contribution in [0.25, 0.3) is 0 Å². The van der Waals surface area contributed by atoms with Crippen molar-refractivity contribution in [2.45, 2.75) is 26.8 Å². The van der Waals surface area contributed by atoms with Crippen molar-refractivity contribution in [1.82, 2.24) is 4.90 Å². The van der Waals surface area contributed by atoms with E-state index < -0.39 is 6.04 Å². The molecule has 0 radical (unpaired) electrons. The highest BCUT2D eigenvalue weighted by atomic mass is 16.3. The highest BCUT2D eigenvalue weighted by Crippen LogP contribution is 2.27. The third-order valence-corrected chi connectivity index (χ3v) is 4.01. The van der Waals surface area contributed by atoms with Crippen LogP contribution in [-0.2, 0) is 4.79 Å². The average molecular weight is 291 g/mol. The Kier molecular flexibility index (Phi) is 4.42. The number of anilines is 1. The fraction of sp³-hybridized carbons (Fsp3) is 0.562. The van der Waals surface area contributed by atoms with Crippen LogP contribution in [0, 0.1) is 5.41 Å². The van der Waals surface area contributed by atoms with Gasteiger partial charge in [-0.25, -0.2) is 0 Å². The molecule has 21 heavy (non-hydrogen) atoms. The predicted octanol–water partition coefficient (Wildman–Crippen LogP) is 1.41. The highest BCUT2D eigenvalue weighted by molar-refractivity contribution is 5.82. The Morgan fingerprint density at radius 1 is 1.19 bits per heavy atom. The topological polar surface area (TPSA) is 69.8 Å². The van der Waals surface area contributed by atoms with E-state index in [1.165, 1.54) is 0 Å². The van der Waals surface area contributed by atoms with Crippen LogP contribution in [-0.4, -0.2) is 48.1 Å². The number of nitrogens with two attached hydrogens (primary N) is 1. The van der Waals surface area contributed by atoms with Gasteiger partial charge in [0.15, 0.2) is 0 Å². The summed E-state index contributed by atoms with van der Waals surface area (Å²) in [6.07, 6.45) is 0. The molecule has 2 rings (SSSR count). The second-order valence-electron chi connectivity index (χ2n) is 6.64. The number of hydrogen-bond acceptors (Lipinski definition) is 4. The van der Waals surface area contributed by atoms with E-state index in [0.29, 0.717) is 26.2 Å². The van der Waals surface area contributed by atoms with Gasteiger partial charge in [0, 0.05) is 26.2 Å². The van der Waals surface area contributed by atoms with Crippen molar-refractivity contribution in [3.63, 3.8) is 0 Å². The van der Waals surface area contributed by atoms with Gasteiger partial charge >= 0.3 is 0 Å². The van der Waals surface area contributed by atoms with E-state index in [1.54, 1.807) is 12.1 Å². The van der Waals surface area contributed by atoms with E-state index in [0.717, 1.165) is 5.69 Å². The number of hydrogen-bond donors (Lipinski definition) is 2. The van der Waals surface area contributed by atoms with Crippen LogP contribution in [0.5, 0.6) is 5.75 Å². The normalized spacial score (nSPS) is 17.7. The van der Waals surface area contributed by atoms with Crippen LogP contribution in [0.2, 0.25) is 0 Å².